The molecule has 0 bridgehead atoms. The molecule has 0 aliphatic rings. The highest BCUT2D eigenvalue weighted by atomic mass is 35.5. The van der Waals surface area contributed by atoms with E-state index in [-0.39, 0.29) is 12.5 Å². The largest absolute Gasteiger partial charge is 0.399 e. The molecule has 1 aromatic carbocycles. The Hall–Kier alpha value is -1.26. The zero-order chi connectivity index (χ0) is 14.6. The van der Waals surface area contributed by atoms with Gasteiger partial charge in [0.05, 0.1) is 5.60 Å². The molecule has 4 nitrogen and oxygen atoms in total. The maximum absolute atomic E-state index is 11.9. The number of benzene rings is 1. The number of carbonyl (C=O) groups is 1. The van der Waals surface area contributed by atoms with E-state index in [2.05, 4.69) is 5.32 Å². The van der Waals surface area contributed by atoms with Crippen LogP contribution < -0.4 is 11.1 Å². The number of nitrogen functional groups attached to an aromatic ring is 1. The van der Waals surface area contributed by atoms with E-state index in [0.717, 1.165) is 0 Å². The minimum Gasteiger partial charge on any atom is -0.399 e. The molecular weight excluding hydrogens is 264 g/mol. The van der Waals surface area contributed by atoms with Gasteiger partial charge in [0, 0.05) is 22.8 Å². The zero-order valence-corrected chi connectivity index (χ0v) is 12.3. The SMILES string of the molecule is CC(C)CC(C)(O)CNC(=O)c1cc(N)cc(Cl)c1. The highest BCUT2D eigenvalue weighted by Gasteiger charge is 2.22. The first-order chi connectivity index (χ1) is 8.69. The summed E-state index contributed by atoms with van der Waals surface area (Å²) in [6.45, 7) is 5.94. The van der Waals surface area contributed by atoms with Gasteiger partial charge in [-0.1, -0.05) is 25.4 Å². The molecule has 1 atom stereocenters. The van der Waals surface area contributed by atoms with Crippen LogP contribution in [0, 0.1) is 5.92 Å². The molecular formula is C14H21ClN2O2. The van der Waals surface area contributed by atoms with E-state index in [1.54, 1.807) is 25.1 Å². The number of nitrogens with two attached hydrogens (primary N) is 1. The summed E-state index contributed by atoms with van der Waals surface area (Å²) in [5, 5.41) is 13.2. The lowest BCUT2D eigenvalue weighted by Gasteiger charge is -2.25. The quantitative estimate of drug-likeness (QED) is 0.727. The molecule has 1 rings (SSSR count). The lowest BCUT2D eigenvalue weighted by Crippen LogP contribution is -2.41. The highest BCUT2D eigenvalue weighted by molar-refractivity contribution is 6.31. The third-order valence-corrected chi connectivity index (χ3v) is 2.88. The number of carbonyl (C=O) groups excluding carboxylic acids is 1. The first-order valence-corrected chi connectivity index (χ1v) is 6.64. The van der Waals surface area contributed by atoms with Crippen LogP contribution in [0.4, 0.5) is 5.69 Å². The molecule has 0 aromatic heterocycles. The fourth-order valence-electron chi connectivity index (χ4n) is 2.07. The summed E-state index contributed by atoms with van der Waals surface area (Å²) in [5.41, 5.74) is 5.54. The van der Waals surface area contributed by atoms with Gasteiger partial charge in [0.15, 0.2) is 0 Å². The Morgan fingerprint density at radius 3 is 2.63 bits per heavy atom. The predicted octanol–water partition coefficient (Wildman–Crippen LogP) is 2.45. The number of hydrogen-bond donors (Lipinski definition) is 3. The van der Waals surface area contributed by atoms with Crippen molar-refractivity contribution in [1.82, 2.24) is 5.32 Å². The van der Waals surface area contributed by atoms with Crippen LogP contribution in [0.5, 0.6) is 0 Å². The molecule has 1 aromatic rings. The van der Waals surface area contributed by atoms with Crippen LogP contribution in [0.2, 0.25) is 5.02 Å². The smallest absolute Gasteiger partial charge is 0.251 e. The fourth-order valence-corrected chi connectivity index (χ4v) is 2.31. The molecule has 1 unspecified atom stereocenters. The second kappa shape index (κ2) is 6.26. The van der Waals surface area contributed by atoms with E-state index in [1.165, 1.54) is 0 Å². The van der Waals surface area contributed by atoms with E-state index in [9.17, 15) is 9.90 Å². The van der Waals surface area contributed by atoms with Crippen molar-refractivity contribution in [1.29, 1.82) is 0 Å². The maximum Gasteiger partial charge on any atom is 0.251 e. The van der Waals surface area contributed by atoms with Gasteiger partial charge in [-0.3, -0.25) is 4.79 Å². The van der Waals surface area contributed by atoms with Gasteiger partial charge in [0.25, 0.3) is 5.91 Å². The van der Waals surface area contributed by atoms with Crippen LogP contribution in [0.25, 0.3) is 0 Å². The van der Waals surface area contributed by atoms with Crippen molar-refractivity contribution < 1.29 is 9.90 Å². The molecule has 0 heterocycles. The van der Waals surface area contributed by atoms with Crippen LogP contribution >= 0.6 is 11.6 Å². The van der Waals surface area contributed by atoms with E-state index >= 15 is 0 Å². The first kappa shape index (κ1) is 15.8. The van der Waals surface area contributed by atoms with Gasteiger partial charge in [0.1, 0.15) is 0 Å². The van der Waals surface area contributed by atoms with Gasteiger partial charge in [0.2, 0.25) is 0 Å². The summed E-state index contributed by atoms with van der Waals surface area (Å²) in [7, 11) is 0. The number of halogens is 1. The van der Waals surface area contributed by atoms with Crippen LogP contribution in [0.1, 0.15) is 37.6 Å². The predicted molar refractivity (Wildman–Crippen MR) is 78.3 cm³/mol. The summed E-state index contributed by atoms with van der Waals surface area (Å²) < 4.78 is 0. The standard InChI is InChI=1S/C14H21ClN2O2/c1-9(2)7-14(3,19)8-17-13(18)10-4-11(15)6-12(16)5-10/h4-6,9,19H,7-8,16H2,1-3H3,(H,17,18). The zero-order valence-electron chi connectivity index (χ0n) is 11.5. The Kier molecular flexibility index (Phi) is 5.20. The molecule has 1 amide bonds. The third-order valence-electron chi connectivity index (χ3n) is 2.66. The molecule has 5 heteroatoms. The average Bonchev–Trinajstić information content (AvgIpc) is 2.22. The van der Waals surface area contributed by atoms with Gasteiger partial charge in [-0.2, -0.15) is 0 Å². The minimum atomic E-state index is -0.923. The summed E-state index contributed by atoms with van der Waals surface area (Å²) in [4.78, 5) is 11.9. The summed E-state index contributed by atoms with van der Waals surface area (Å²) in [6.07, 6.45) is 0.616. The number of amides is 1. The second-order valence-electron chi connectivity index (χ2n) is 5.55. The van der Waals surface area contributed by atoms with Crippen LogP contribution in [0.3, 0.4) is 0 Å². The van der Waals surface area contributed by atoms with Crippen molar-refractivity contribution >= 4 is 23.2 Å². The maximum atomic E-state index is 11.9. The van der Waals surface area contributed by atoms with E-state index in [1.807, 2.05) is 13.8 Å². The van der Waals surface area contributed by atoms with Crippen molar-refractivity contribution in [3.63, 3.8) is 0 Å². The van der Waals surface area contributed by atoms with Gasteiger partial charge in [-0.05, 0) is 37.5 Å². The van der Waals surface area contributed by atoms with Gasteiger partial charge >= 0.3 is 0 Å². The second-order valence-corrected chi connectivity index (χ2v) is 5.99. The molecule has 19 heavy (non-hydrogen) atoms. The third kappa shape index (κ3) is 5.49. The van der Waals surface area contributed by atoms with Crippen molar-refractivity contribution in [2.75, 3.05) is 12.3 Å². The van der Waals surface area contributed by atoms with Crippen LogP contribution in [-0.2, 0) is 0 Å². The molecule has 0 spiro atoms. The fraction of sp³-hybridized carbons (Fsp3) is 0.500. The molecule has 106 valence electrons. The Morgan fingerprint density at radius 2 is 2.11 bits per heavy atom. The number of nitrogens with one attached hydrogen (secondary N) is 1. The van der Waals surface area contributed by atoms with Crippen LogP contribution in [-0.4, -0.2) is 23.2 Å². The summed E-state index contributed by atoms with van der Waals surface area (Å²) >= 11 is 5.84. The normalized spacial score (nSPS) is 14.2. The molecule has 0 saturated carbocycles. The summed E-state index contributed by atoms with van der Waals surface area (Å²) in [5.74, 6) is 0.0620. The Labute approximate surface area is 118 Å². The topological polar surface area (TPSA) is 75.3 Å². The molecule has 0 saturated heterocycles. The van der Waals surface area contributed by atoms with E-state index < -0.39 is 5.60 Å². The van der Waals surface area contributed by atoms with E-state index in [4.69, 9.17) is 17.3 Å². The molecule has 0 aliphatic heterocycles. The lowest BCUT2D eigenvalue weighted by molar-refractivity contribution is 0.0368. The monoisotopic (exact) mass is 284 g/mol. The lowest BCUT2D eigenvalue weighted by atomic mass is 9.94. The minimum absolute atomic E-state index is 0.191. The van der Waals surface area contributed by atoms with Crippen molar-refractivity contribution in [2.45, 2.75) is 32.8 Å². The van der Waals surface area contributed by atoms with E-state index in [0.29, 0.717) is 28.6 Å². The van der Waals surface area contributed by atoms with Crippen LogP contribution in [0.15, 0.2) is 18.2 Å². The number of rotatable bonds is 5. The van der Waals surface area contributed by atoms with Crippen molar-refractivity contribution in [3.8, 4) is 0 Å². The average molecular weight is 285 g/mol. The molecule has 0 aliphatic carbocycles. The highest BCUT2D eigenvalue weighted by Crippen LogP contribution is 2.18. The molecule has 0 fully saturated rings. The van der Waals surface area contributed by atoms with Gasteiger partial charge in [-0.25, -0.2) is 0 Å². The number of aliphatic hydroxyl groups is 1. The Balaban J connectivity index is 2.65. The summed E-state index contributed by atoms with van der Waals surface area (Å²) in [6, 6.07) is 4.68. The molecule has 0 radical (unpaired) electrons. The first-order valence-electron chi connectivity index (χ1n) is 6.26. The number of anilines is 1. The number of hydrogen-bond acceptors (Lipinski definition) is 3. The van der Waals surface area contributed by atoms with Gasteiger partial charge < -0.3 is 16.2 Å². The van der Waals surface area contributed by atoms with Crippen molar-refractivity contribution in [3.05, 3.63) is 28.8 Å². The Bertz CT molecular complexity index is 439. The van der Waals surface area contributed by atoms with Gasteiger partial charge in [-0.15, -0.1) is 0 Å². The van der Waals surface area contributed by atoms with Crippen molar-refractivity contribution in [2.24, 2.45) is 5.92 Å². The molecule has 4 N–H and O–H groups in total. The Morgan fingerprint density at radius 1 is 1.47 bits per heavy atom.